The average Bonchev–Trinajstić information content (AvgIpc) is 2.89. The van der Waals surface area contributed by atoms with E-state index in [1.54, 1.807) is 6.07 Å². The van der Waals surface area contributed by atoms with Crippen molar-refractivity contribution < 1.29 is 18.3 Å². The molecule has 8 nitrogen and oxygen atoms in total. The summed E-state index contributed by atoms with van der Waals surface area (Å²) in [6.45, 7) is 10.8. The molecule has 6 rings (SSSR count). The van der Waals surface area contributed by atoms with E-state index < -0.39 is 11.6 Å². The van der Waals surface area contributed by atoms with Gasteiger partial charge in [-0.3, -0.25) is 9.88 Å². The molecule has 0 unspecified atom stereocenters. The van der Waals surface area contributed by atoms with Crippen LogP contribution in [-0.2, 0) is 11.2 Å². The number of anilines is 2. The zero-order valence-electron chi connectivity index (χ0n) is 21.7. The number of ether oxygens (including phenoxy) is 2. The van der Waals surface area contributed by atoms with Crippen molar-refractivity contribution in [2.45, 2.75) is 32.4 Å². The highest BCUT2D eigenvalue weighted by molar-refractivity contribution is 5.72. The fraction of sp³-hybridized carbons (Fsp3) is 0.464. The number of rotatable bonds is 6. The van der Waals surface area contributed by atoms with Crippen molar-refractivity contribution in [3.05, 3.63) is 59.8 Å². The lowest BCUT2D eigenvalue weighted by molar-refractivity contribution is -0.0660. The predicted octanol–water partition coefficient (Wildman–Crippen LogP) is 3.54. The zero-order valence-corrected chi connectivity index (χ0v) is 21.7. The molecule has 0 bridgehead atoms. The van der Waals surface area contributed by atoms with Crippen LogP contribution in [0.1, 0.15) is 25.4 Å². The SMILES string of the molecule is CC(C)N1CCOc2c(F)cc(-c3nc(Cc4ccc(N5CCN(C6COC6)CC5)cn4)ncc3F)cc21. The fourth-order valence-corrected chi connectivity index (χ4v) is 5.32. The second-order valence-corrected chi connectivity index (χ2v) is 10.3. The summed E-state index contributed by atoms with van der Waals surface area (Å²) in [4.78, 5) is 20.2. The normalized spacial score (nSPS) is 18.3. The molecule has 2 saturated heterocycles. The Kier molecular flexibility index (Phi) is 6.84. The van der Waals surface area contributed by atoms with E-state index in [-0.39, 0.29) is 17.5 Å². The summed E-state index contributed by atoms with van der Waals surface area (Å²) in [5.41, 5.74) is 2.90. The van der Waals surface area contributed by atoms with Crippen LogP contribution in [0, 0.1) is 11.6 Å². The van der Waals surface area contributed by atoms with Gasteiger partial charge in [0.15, 0.2) is 17.4 Å². The highest BCUT2D eigenvalue weighted by Crippen LogP contribution is 2.39. The Morgan fingerprint density at radius 2 is 1.79 bits per heavy atom. The Bertz CT molecular complexity index is 1290. The van der Waals surface area contributed by atoms with E-state index in [1.807, 2.05) is 26.1 Å². The van der Waals surface area contributed by atoms with Gasteiger partial charge < -0.3 is 19.3 Å². The van der Waals surface area contributed by atoms with Gasteiger partial charge in [-0.05, 0) is 38.1 Å². The second kappa shape index (κ2) is 10.4. The number of aromatic nitrogens is 3. The van der Waals surface area contributed by atoms with E-state index in [9.17, 15) is 8.78 Å². The minimum absolute atomic E-state index is 0.0670. The third-order valence-corrected chi connectivity index (χ3v) is 7.57. The molecular weight excluding hydrogens is 490 g/mol. The third kappa shape index (κ3) is 4.90. The van der Waals surface area contributed by atoms with E-state index in [0.717, 1.165) is 57.0 Å². The van der Waals surface area contributed by atoms with Gasteiger partial charge >= 0.3 is 0 Å². The van der Waals surface area contributed by atoms with Gasteiger partial charge in [-0.15, -0.1) is 0 Å². The maximum absolute atomic E-state index is 15.0. The Balaban J connectivity index is 1.18. The molecule has 1 aromatic carbocycles. The maximum Gasteiger partial charge on any atom is 0.178 e. The standard InChI is InChI=1S/C28H32F2N6O2/c1-18(2)36-9-10-38-28-23(29)11-19(12-25(28)36)27-24(30)15-32-26(33-27)13-20-3-4-21(14-31-20)34-5-7-35(8-6-34)22-16-37-17-22/h3-4,11-12,14-15,18,22H,5-10,13,16-17H2,1-2H3. The molecule has 3 aliphatic heterocycles. The molecule has 3 aliphatic rings. The number of hydrogen-bond acceptors (Lipinski definition) is 8. The molecule has 0 saturated carbocycles. The van der Waals surface area contributed by atoms with Crippen LogP contribution < -0.4 is 14.5 Å². The summed E-state index contributed by atoms with van der Waals surface area (Å²) >= 11 is 0. The molecule has 2 fully saturated rings. The molecule has 3 aromatic rings. The van der Waals surface area contributed by atoms with E-state index in [0.29, 0.717) is 42.7 Å². The summed E-state index contributed by atoms with van der Waals surface area (Å²) in [6.07, 6.45) is 3.37. The van der Waals surface area contributed by atoms with Crippen LogP contribution in [-0.4, -0.2) is 84.5 Å². The average molecular weight is 523 g/mol. The number of benzene rings is 1. The lowest BCUT2D eigenvalue weighted by Gasteiger charge is -2.43. The third-order valence-electron chi connectivity index (χ3n) is 7.57. The van der Waals surface area contributed by atoms with E-state index >= 15 is 0 Å². The van der Waals surface area contributed by atoms with Crippen LogP contribution in [0.4, 0.5) is 20.2 Å². The first-order valence-electron chi connectivity index (χ1n) is 13.2. The summed E-state index contributed by atoms with van der Waals surface area (Å²) in [7, 11) is 0. The smallest absolute Gasteiger partial charge is 0.178 e. The monoisotopic (exact) mass is 522 g/mol. The minimum atomic E-state index is -0.600. The summed E-state index contributed by atoms with van der Waals surface area (Å²) in [6, 6.07) is 7.77. The van der Waals surface area contributed by atoms with Crippen LogP contribution in [0.2, 0.25) is 0 Å². The number of pyridine rings is 1. The number of halogens is 2. The van der Waals surface area contributed by atoms with Gasteiger partial charge in [0.1, 0.15) is 18.1 Å². The minimum Gasteiger partial charge on any atom is -0.486 e. The topological polar surface area (TPSA) is 66.9 Å². The van der Waals surface area contributed by atoms with Crippen LogP contribution >= 0.6 is 0 Å². The van der Waals surface area contributed by atoms with Gasteiger partial charge in [0.25, 0.3) is 0 Å². The van der Waals surface area contributed by atoms with Crippen molar-refractivity contribution >= 4 is 11.4 Å². The maximum atomic E-state index is 15.0. The molecule has 0 aliphatic carbocycles. The number of nitrogens with zero attached hydrogens (tertiary/aromatic N) is 6. The second-order valence-electron chi connectivity index (χ2n) is 10.3. The number of fused-ring (bicyclic) bond motifs is 1. The summed E-state index contributed by atoms with van der Waals surface area (Å²) in [5, 5.41) is 0. The quantitative estimate of drug-likeness (QED) is 0.487. The molecular formula is C28H32F2N6O2. The largest absolute Gasteiger partial charge is 0.486 e. The Hall–Kier alpha value is -3.37. The van der Waals surface area contributed by atoms with Crippen molar-refractivity contribution in [1.29, 1.82) is 0 Å². The molecule has 0 atom stereocenters. The summed E-state index contributed by atoms with van der Waals surface area (Å²) in [5.74, 6) is -0.502. The van der Waals surface area contributed by atoms with Gasteiger partial charge in [-0.25, -0.2) is 18.7 Å². The molecule has 200 valence electrons. The first-order chi connectivity index (χ1) is 18.5. The van der Waals surface area contributed by atoms with Crippen molar-refractivity contribution in [3.8, 4) is 17.0 Å². The van der Waals surface area contributed by atoms with E-state index in [1.165, 1.54) is 6.07 Å². The highest BCUT2D eigenvalue weighted by atomic mass is 19.1. The molecule has 0 N–H and O–H groups in total. The highest BCUT2D eigenvalue weighted by Gasteiger charge is 2.29. The zero-order chi connectivity index (χ0) is 26.2. The Morgan fingerprint density at radius 1 is 0.974 bits per heavy atom. The van der Waals surface area contributed by atoms with Gasteiger partial charge in [0.05, 0.1) is 56.0 Å². The van der Waals surface area contributed by atoms with Crippen LogP contribution in [0.5, 0.6) is 5.75 Å². The molecule has 0 amide bonds. The van der Waals surface area contributed by atoms with Crippen LogP contribution in [0.3, 0.4) is 0 Å². The van der Waals surface area contributed by atoms with Crippen LogP contribution in [0.15, 0.2) is 36.7 Å². The lowest BCUT2D eigenvalue weighted by atomic mass is 10.1. The van der Waals surface area contributed by atoms with Gasteiger partial charge in [-0.2, -0.15) is 0 Å². The Labute approximate surface area is 221 Å². The number of hydrogen-bond donors (Lipinski definition) is 0. The van der Waals surface area contributed by atoms with Crippen molar-refractivity contribution in [3.63, 3.8) is 0 Å². The molecule has 38 heavy (non-hydrogen) atoms. The van der Waals surface area contributed by atoms with Gasteiger partial charge in [-0.1, -0.05) is 0 Å². The fourth-order valence-electron chi connectivity index (χ4n) is 5.32. The lowest BCUT2D eigenvalue weighted by Crippen LogP contribution is -2.56. The van der Waals surface area contributed by atoms with Gasteiger partial charge in [0, 0.05) is 43.5 Å². The molecule has 10 heteroatoms. The molecule has 2 aromatic heterocycles. The van der Waals surface area contributed by atoms with E-state index in [4.69, 9.17) is 9.47 Å². The molecule has 0 spiro atoms. The van der Waals surface area contributed by atoms with Crippen molar-refractivity contribution in [2.75, 3.05) is 62.3 Å². The van der Waals surface area contributed by atoms with Crippen molar-refractivity contribution in [1.82, 2.24) is 19.9 Å². The Morgan fingerprint density at radius 3 is 2.47 bits per heavy atom. The van der Waals surface area contributed by atoms with E-state index in [2.05, 4.69) is 35.7 Å². The first-order valence-corrected chi connectivity index (χ1v) is 13.2. The predicted molar refractivity (Wildman–Crippen MR) is 141 cm³/mol. The van der Waals surface area contributed by atoms with Crippen LogP contribution in [0.25, 0.3) is 11.3 Å². The molecule has 5 heterocycles. The first kappa shape index (κ1) is 24.9. The molecule has 0 radical (unpaired) electrons. The summed E-state index contributed by atoms with van der Waals surface area (Å²) < 4.78 is 40.7. The number of piperazine rings is 1. The van der Waals surface area contributed by atoms with Gasteiger partial charge in [0.2, 0.25) is 0 Å². The van der Waals surface area contributed by atoms with Crippen molar-refractivity contribution in [2.24, 2.45) is 0 Å².